The SMILES string of the molecule is CN1CCC(n2c(=S)[nH]c3ccc(F)cc32)CC1. The molecule has 2 heterocycles. The molecule has 0 bridgehead atoms. The molecule has 0 spiro atoms. The van der Waals surface area contributed by atoms with Crippen LogP contribution in [-0.4, -0.2) is 34.6 Å². The molecule has 1 saturated heterocycles. The molecule has 3 nitrogen and oxygen atoms in total. The standard InChI is InChI=1S/C13H16FN3S/c1-16-6-4-10(5-7-16)17-12-8-9(14)2-3-11(12)15-13(17)18/h2-3,8,10H,4-7H2,1H3,(H,15,18). The number of hydrogen-bond acceptors (Lipinski definition) is 2. The second kappa shape index (κ2) is 4.48. The van der Waals surface area contributed by atoms with E-state index in [1.165, 1.54) is 6.07 Å². The second-order valence-corrected chi connectivity index (χ2v) is 5.38. The zero-order valence-corrected chi connectivity index (χ0v) is 11.1. The summed E-state index contributed by atoms with van der Waals surface area (Å²) in [5.74, 6) is -0.210. The first-order valence-electron chi connectivity index (χ1n) is 6.23. The summed E-state index contributed by atoms with van der Waals surface area (Å²) in [5, 5.41) is 0. The van der Waals surface area contributed by atoms with Crippen LogP contribution in [0.15, 0.2) is 18.2 Å². The van der Waals surface area contributed by atoms with Crippen molar-refractivity contribution in [2.45, 2.75) is 18.9 Å². The van der Waals surface area contributed by atoms with Gasteiger partial charge in [0.2, 0.25) is 0 Å². The van der Waals surface area contributed by atoms with Gasteiger partial charge >= 0.3 is 0 Å². The third-order valence-corrected chi connectivity index (χ3v) is 4.03. The predicted molar refractivity (Wildman–Crippen MR) is 72.8 cm³/mol. The number of aromatic amines is 1. The van der Waals surface area contributed by atoms with Gasteiger partial charge in [0.1, 0.15) is 5.82 Å². The minimum Gasteiger partial charge on any atom is -0.331 e. The number of benzene rings is 1. The Labute approximate surface area is 110 Å². The summed E-state index contributed by atoms with van der Waals surface area (Å²) in [6.07, 6.45) is 2.13. The summed E-state index contributed by atoms with van der Waals surface area (Å²) >= 11 is 5.38. The maximum absolute atomic E-state index is 13.4. The molecule has 18 heavy (non-hydrogen) atoms. The van der Waals surface area contributed by atoms with Gasteiger partial charge in [0.05, 0.1) is 11.0 Å². The van der Waals surface area contributed by atoms with Crippen molar-refractivity contribution in [1.29, 1.82) is 0 Å². The zero-order valence-electron chi connectivity index (χ0n) is 10.3. The monoisotopic (exact) mass is 265 g/mol. The van der Waals surface area contributed by atoms with Crippen molar-refractivity contribution in [2.24, 2.45) is 0 Å². The number of halogens is 1. The molecule has 0 radical (unpaired) electrons. The van der Waals surface area contributed by atoms with Crippen LogP contribution in [0.5, 0.6) is 0 Å². The topological polar surface area (TPSA) is 24.0 Å². The van der Waals surface area contributed by atoms with Gasteiger partial charge in [0, 0.05) is 6.04 Å². The van der Waals surface area contributed by atoms with Crippen LogP contribution in [0.3, 0.4) is 0 Å². The van der Waals surface area contributed by atoms with E-state index < -0.39 is 0 Å². The number of nitrogens with zero attached hydrogens (tertiary/aromatic N) is 2. The van der Waals surface area contributed by atoms with Crippen LogP contribution in [0.4, 0.5) is 4.39 Å². The molecule has 0 atom stereocenters. The molecule has 2 aromatic rings. The number of imidazole rings is 1. The Bertz CT molecular complexity index is 623. The highest BCUT2D eigenvalue weighted by atomic mass is 32.1. The van der Waals surface area contributed by atoms with E-state index >= 15 is 0 Å². The fourth-order valence-electron chi connectivity index (χ4n) is 2.71. The molecule has 1 aliphatic rings. The fourth-order valence-corrected chi connectivity index (χ4v) is 3.07. The van der Waals surface area contributed by atoms with E-state index in [0.717, 1.165) is 37.0 Å². The maximum atomic E-state index is 13.4. The van der Waals surface area contributed by atoms with Crippen molar-refractivity contribution in [3.8, 4) is 0 Å². The van der Waals surface area contributed by atoms with E-state index in [4.69, 9.17) is 12.2 Å². The lowest BCUT2D eigenvalue weighted by Gasteiger charge is -2.30. The summed E-state index contributed by atoms with van der Waals surface area (Å²) in [5.41, 5.74) is 1.80. The first kappa shape index (κ1) is 11.9. The molecule has 3 rings (SSSR count). The number of hydrogen-bond donors (Lipinski definition) is 1. The van der Waals surface area contributed by atoms with Crippen molar-refractivity contribution in [2.75, 3.05) is 20.1 Å². The number of likely N-dealkylation sites (tertiary alicyclic amines) is 1. The average molecular weight is 265 g/mol. The molecule has 0 saturated carbocycles. The fraction of sp³-hybridized carbons (Fsp3) is 0.462. The van der Waals surface area contributed by atoms with Gasteiger partial charge in [-0.25, -0.2) is 4.39 Å². The molecule has 0 unspecified atom stereocenters. The van der Waals surface area contributed by atoms with Crippen LogP contribution in [0, 0.1) is 10.6 Å². The van der Waals surface area contributed by atoms with Crippen LogP contribution in [0.1, 0.15) is 18.9 Å². The third kappa shape index (κ3) is 1.97. The molecular formula is C13H16FN3S. The van der Waals surface area contributed by atoms with Gasteiger partial charge in [-0.2, -0.15) is 0 Å². The van der Waals surface area contributed by atoms with E-state index in [1.807, 2.05) is 0 Å². The Morgan fingerprint density at radius 1 is 1.33 bits per heavy atom. The van der Waals surface area contributed by atoms with Crippen LogP contribution in [0.25, 0.3) is 11.0 Å². The van der Waals surface area contributed by atoms with Gasteiger partial charge in [-0.3, -0.25) is 0 Å². The highest BCUT2D eigenvalue weighted by Crippen LogP contribution is 2.27. The number of nitrogens with one attached hydrogen (secondary N) is 1. The first-order valence-corrected chi connectivity index (χ1v) is 6.64. The Hall–Kier alpha value is -1.20. The summed E-state index contributed by atoms with van der Waals surface area (Å²) in [6.45, 7) is 2.13. The summed E-state index contributed by atoms with van der Waals surface area (Å²) in [4.78, 5) is 5.48. The van der Waals surface area contributed by atoms with Gasteiger partial charge in [0.25, 0.3) is 0 Å². The minimum absolute atomic E-state index is 0.210. The quantitative estimate of drug-likeness (QED) is 0.801. The van der Waals surface area contributed by atoms with Crippen LogP contribution >= 0.6 is 12.2 Å². The number of aromatic nitrogens is 2. The number of rotatable bonds is 1. The van der Waals surface area contributed by atoms with Gasteiger partial charge in [0.15, 0.2) is 4.77 Å². The van der Waals surface area contributed by atoms with Gasteiger partial charge < -0.3 is 14.5 Å². The Balaban J connectivity index is 2.08. The third-order valence-electron chi connectivity index (χ3n) is 3.73. The zero-order chi connectivity index (χ0) is 12.7. The minimum atomic E-state index is -0.210. The first-order chi connectivity index (χ1) is 8.65. The predicted octanol–water partition coefficient (Wildman–Crippen LogP) is 3.10. The van der Waals surface area contributed by atoms with Crippen molar-refractivity contribution >= 4 is 23.3 Å². The maximum Gasteiger partial charge on any atom is 0.178 e. The van der Waals surface area contributed by atoms with Gasteiger partial charge in [-0.15, -0.1) is 0 Å². The Morgan fingerprint density at radius 2 is 2.06 bits per heavy atom. The van der Waals surface area contributed by atoms with E-state index in [-0.39, 0.29) is 5.82 Å². The summed E-state index contributed by atoms with van der Waals surface area (Å²) < 4.78 is 16.2. The van der Waals surface area contributed by atoms with Crippen LogP contribution < -0.4 is 0 Å². The molecule has 1 N–H and O–H groups in total. The average Bonchev–Trinajstić information content (AvgIpc) is 2.66. The van der Waals surface area contributed by atoms with E-state index in [0.29, 0.717) is 10.8 Å². The summed E-state index contributed by atoms with van der Waals surface area (Å²) in [6, 6.07) is 5.17. The van der Waals surface area contributed by atoms with Gasteiger partial charge in [-0.05, 0) is 63.4 Å². The smallest absolute Gasteiger partial charge is 0.178 e. The molecule has 1 aromatic carbocycles. The lowest BCUT2D eigenvalue weighted by molar-refractivity contribution is 0.223. The van der Waals surface area contributed by atoms with Crippen LogP contribution in [0.2, 0.25) is 0 Å². The largest absolute Gasteiger partial charge is 0.331 e. The van der Waals surface area contributed by atoms with Gasteiger partial charge in [-0.1, -0.05) is 0 Å². The number of H-pyrrole nitrogens is 1. The Kier molecular flexibility index (Phi) is 2.95. The lowest BCUT2D eigenvalue weighted by Crippen LogP contribution is -2.31. The Morgan fingerprint density at radius 3 is 2.78 bits per heavy atom. The van der Waals surface area contributed by atoms with Crippen molar-refractivity contribution in [3.63, 3.8) is 0 Å². The van der Waals surface area contributed by atoms with E-state index in [1.54, 1.807) is 12.1 Å². The van der Waals surface area contributed by atoms with Crippen molar-refractivity contribution < 1.29 is 4.39 Å². The molecule has 0 amide bonds. The van der Waals surface area contributed by atoms with Crippen molar-refractivity contribution in [1.82, 2.24) is 14.5 Å². The molecule has 0 aliphatic carbocycles. The molecule has 1 aromatic heterocycles. The normalized spacial score (nSPS) is 18.6. The number of piperidine rings is 1. The molecule has 1 fully saturated rings. The van der Waals surface area contributed by atoms with E-state index in [2.05, 4.69) is 21.5 Å². The highest BCUT2D eigenvalue weighted by Gasteiger charge is 2.20. The molecule has 1 aliphatic heterocycles. The molecule has 96 valence electrons. The van der Waals surface area contributed by atoms with Crippen LogP contribution in [-0.2, 0) is 0 Å². The van der Waals surface area contributed by atoms with E-state index in [9.17, 15) is 4.39 Å². The highest BCUT2D eigenvalue weighted by molar-refractivity contribution is 7.71. The number of fused-ring (bicyclic) bond motifs is 1. The second-order valence-electron chi connectivity index (χ2n) is 5.00. The van der Waals surface area contributed by atoms with Crippen molar-refractivity contribution in [3.05, 3.63) is 28.8 Å². The molecule has 5 heteroatoms. The molecular weight excluding hydrogens is 249 g/mol. The lowest BCUT2D eigenvalue weighted by atomic mass is 10.1. The summed E-state index contributed by atoms with van der Waals surface area (Å²) in [7, 11) is 2.13.